The number of ether oxygens (including phenoxy) is 1. The normalized spacial score (nSPS) is 19.3. The molecule has 1 aliphatic carbocycles. The van der Waals surface area contributed by atoms with Gasteiger partial charge in [0, 0.05) is 29.7 Å². The summed E-state index contributed by atoms with van der Waals surface area (Å²) in [4.78, 5) is 0. The van der Waals surface area contributed by atoms with Crippen LogP contribution in [0, 0.1) is 5.82 Å². The van der Waals surface area contributed by atoms with Crippen molar-refractivity contribution >= 4 is 15.9 Å². The molecular weight excluding hydrogens is 297 g/mol. The second-order valence-electron chi connectivity index (χ2n) is 5.01. The molecule has 0 heterocycles. The predicted molar refractivity (Wildman–Crippen MR) is 74.1 cm³/mol. The highest BCUT2D eigenvalue weighted by Crippen LogP contribution is 2.35. The first-order valence-electron chi connectivity index (χ1n) is 6.30. The van der Waals surface area contributed by atoms with Gasteiger partial charge in [0.1, 0.15) is 5.82 Å². The van der Waals surface area contributed by atoms with Crippen LogP contribution in [0.3, 0.4) is 0 Å². The Bertz CT molecular complexity index is 415. The monoisotopic (exact) mass is 315 g/mol. The summed E-state index contributed by atoms with van der Waals surface area (Å²) in [6.07, 6.45) is 3.39. The van der Waals surface area contributed by atoms with E-state index in [-0.39, 0.29) is 17.5 Å². The number of benzene rings is 1. The molecule has 0 spiro atoms. The highest BCUT2D eigenvalue weighted by atomic mass is 79.9. The fourth-order valence-corrected chi connectivity index (χ4v) is 2.70. The molecule has 18 heavy (non-hydrogen) atoms. The van der Waals surface area contributed by atoms with E-state index in [4.69, 9.17) is 4.74 Å². The molecule has 1 fully saturated rings. The molecule has 2 rings (SSSR count). The molecule has 1 N–H and O–H groups in total. The third-order valence-corrected chi connectivity index (χ3v) is 4.35. The molecule has 2 nitrogen and oxygen atoms in total. The Morgan fingerprint density at radius 1 is 1.50 bits per heavy atom. The van der Waals surface area contributed by atoms with E-state index >= 15 is 0 Å². The minimum absolute atomic E-state index is 0.0184. The average Bonchev–Trinajstić information content (AvgIpc) is 2.31. The zero-order chi connectivity index (χ0) is 13.2. The quantitative estimate of drug-likeness (QED) is 0.892. The summed E-state index contributed by atoms with van der Waals surface area (Å²) in [5.41, 5.74) is 0.659. The van der Waals surface area contributed by atoms with Crippen molar-refractivity contribution in [1.82, 2.24) is 5.32 Å². The van der Waals surface area contributed by atoms with Crippen molar-refractivity contribution in [2.24, 2.45) is 0 Å². The Morgan fingerprint density at radius 3 is 2.78 bits per heavy atom. The molecule has 4 heteroatoms. The Hall–Kier alpha value is -0.450. The first-order valence-corrected chi connectivity index (χ1v) is 7.09. The SMILES string of the molecule is COC1(CNC(C)c2cc(Br)ccc2F)CCC1. The molecule has 0 bridgehead atoms. The molecule has 100 valence electrons. The number of methoxy groups -OCH3 is 1. The lowest BCUT2D eigenvalue weighted by molar-refractivity contribution is -0.0707. The minimum atomic E-state index is -0.168. The lowest BCUT2D eigenvalue weighted by Gasteiger charge is -2.41. The van der Waals surface area contributed by atoms with E-state index in [0.717, 1.165) is 23.9 Å². The van der Waals surface area contributed by atoms with Gasteiger partial charge in [0.15, 0.2) is 0 Å². The third kappa shape index (κ3) is 2.92. The number of halogens is 2. The van der Waals surface area contributed by atoms with Crippen molar-refractivity contribution in [3.8, 4) is 0 Å². The van der Waals surface area contributed by atoms with Gasteiger partial charge in [-0.3, -0.25) is 0 Å². The minimum Gasteiger partial charge on any atom is -0.377 e. The molecule has 1 aromatic carbocycles. The van der Waals surface area contributed by atoms with E-state index in [1.54, 1.807) is 13.2 Å². The number of rotatable bonds is 5. The molecular formula is C14H19BrFNO. The standard InChI is InChI=1S/C14H19BrFNO/c1-10(12-8-11(15)4-5-13(12)16)17-9-14(18-2)6-3-7-14/h4-5,8,10,17H,3,6-7,9H2,1-2H3. The Balaban J connectivity index is 1.99. The van der Waals surface area contributed by atoms with Crippen molar-refractivity contribution in [1.29, 1.82) is 0 Å². The molecule has 0 aromatic heterocycles. The Kier molecular flexibility index (Phi) is 4.41. The zero-order valence-corrected chi connectivity index (χ0v) is 12.4. The highest BCUT2D eigenvalue weighted by molar-refractivity contribution is 9.10. The summed E-state index contributed by atoms with van der Waals surface area (Å²) in [5.74, 6) is -0.168. The van der Waals surface area contributed by atoms with E-state index in [0.29, 0.717) is 5.56 Å². The average molecular weight is 316 g/mol. The second-order valence-corrected chi connectivity index (χ2v) is 5.92. The number of hydrogen-bond donors (Lipinski definition) is 1. The van der Waals surface area contributed by atoms with Gasteiger partial charge in [-0.05, 0) is 44.4 Å². The lowest BCUT2D eigenvalue weighted by atomic mass is 9.80. The van der Waals surface area contributed by atoms with Gasteiger partial charge in [-0.2, -0.15) is 0 Å². The van der Waals surface area contributed by atoms with Gasteiger partial charge in [0.25, 0.3) is 0 Å². The van der Waals surface area contributed by atoms with Gasteiger partial charge in [-0.25, -0.2) is 4.39 Å². The Morgan fingerprint density at radius 2 is 2.22 bits per heavy atom. The summed E-state index contributed by atoms with van der Waals surface area (Å²) >= 11 is 3.37. The topological polar surface area (TPSA) is 21.3 Å². The predicted octanol–water partition coefficient (Wildman–Crippen LogP) is 3.81. The highest BCUT2D eigenvalue weighted by Gasteiger charge is 2.36. The van der Waals surface area contributed by atoms with Crippen LogP contribution in [0.5, 0.6) is 0 Å². The molecule has 0 aliphatic heterocycles. The van der Waals surface area contributed by atoms with Crippen LogP contribution in [0.1, 0.15) is 37.8 Å². The van der Waals surface area contributed by atoms with Gasteiger partial charge >= 0.3 is 0 Å². The van der Waals surface area contributed by atoms with E-state index in [1.807, 2.05) is 13.0 Å². The molecule has 1 aromatic rings. The van der Waals surface area contributed by atoms with Gasteiger partial charge < -0.3 is 10.1 Å². The van der Waals surface area contributed by atoms with Gasteiger partial charge in [0.05, 0.1) is 5.60 Å². The van der Waals surface area contributed by atoms with Crippen molar-refractivity contribution in [3.63, 3.8) is 0 Å². The van der Waals surface area contributed by atoms with Crippen molar-refractivity contribution in [3.05, 3.63) is 34.1 Å². The third-order valence-electron chi connectivity index (χ3n) is 3.85. The van der Waals surface area contributed by atoms with Gasteiger partial charge in [0.2, 0.25) is 0 Å². The van der Waals surface area contributed by atoms with Crippen LogP contribution in [0.25, 0.3) is 0 Å². The number of hydrogen-bond acceptors (Lipinski definition) is 2. The largest absolute Gasteiger partial charge is 0.377 e. The summed E-state index contributed by atoms with van der Waals surface area (Å²) in [7, 11) is 1.76. The summed E-state index contributed by atoms with van der Waals surface area (Å²) < 4.78 is 20.2. The van der Waals surface area contributed by atoms with Crippen LogP contribution < -0.4 is 5.32 Å². The molecule has 0 amide bonds. The lowest BCUT2D eigenvalue weighted by Crippen LogP contribution is -2.48. The van der Waals surface area contributed by atoms with Crippen LogP contribution in [0.2, 0.25) is 0 Å². The van der Waals surface area contributed by atoms with Crippen molar-refractivity contribution < 1.29 is 9.13 Å². The molecule has 0 saturated heterocycles. The summed E-state index contributed by atoms with van der Waals surface area (Å²) in [6, 6.07) is 5.02. The second kappa shape index (κ2) is 5.68. The molecule has 1 saturated carbocycles. The van der Waals surface area contributed by atoms with E-state index < -0.39 is 0 Å². The first kappa shape index (κ1) is 14.0. The fraction of sp³-hybridized carbons (Fsp3) is 0.571. The van der Waals surface area contributed by atoms with Crippen LogP contribution >= 0.6 is 15.9 Å². The summed E-state index contributed by atoms with van der Waals surface area (Å²) in [6.45, 7) is 2.75. The Labute approximate surface area is 116 Å². The maximum absolute atomic E-state index is 13.7. The molecule has 1 unspecified atom stereocenters. The van der Waals surface area contributed by atoms with Crippen LogP contribution in [-0.4, -0.2) is 19.3 Å². The summed E-state index contributed by atoms with van der Waals surface area (Å²) in [5, 5.41) is 3.37. The zero-order valence-electron chi connectivity index (χ0n) is 10.8. The van der Waals surface area contributed by atoms with Crippen molar-refractivity contribution in [2.45, 2.75) is 37.8 Å². The van der Waals surface area contributed by atoms with Crippen LogP contribution in [0.15, 0.2) is 22.7 Å². The van der Waals surface area contributed by atoms with Crippen LogP contribution in [-0.2, 0) is 4.74 Å². The van der Waals surface area contributed by atoms with E-state index in [2.05, 4.69) is 21.2 Å². The van der Waals surface area contributed by atoms with E-state index in [1.165, 1.54) is 12.5 Å². The molecule has 0 radical (unpaired) electrons. The molecule has 1 aliphatic rings. The smallest absolute Gasteiger partial charge is 0.128 e. The maximum atomic E-state index is 13.7. The fourth-order valence-electron chi connectivity index (χ4n) is 2.32. The van der Waals surface area contributed by atoms with Gasteiger partial charge in [-0.1, -0.05) is 15.9 Å². The van der Waals surface area contributed by atoms with E-state index in [9.17, 15) is 4.39 Å². The van der Waals surface area contributed by atoms with Crippen molar-refractivity contribution in [2.75, 3.05) is 13.7 Å². The first-order chi connectivity index (χ1) is 8.56. The maximum Gasteiger partial charge on any atom is 0.128 e. The van der Waals surface area contributed by atoms with Gasteiger partial charge in [-0.15, -0.1) is 0 Å². The number of nitrogens with one attached hydrogen (secondary N) is 1. The van der Waals surface area contributed by atoms with Crippen LogP contribution in [0.4, 0.5) is 4.39 Å². The molecule has 1 atom stereocenters.